The molecule has 1 aromatic heterocycles. The summed E-state index contributed by atoms with van der Waals surface area (Å²) in [6, 6.07) is 12.5. The second-order valence-electron chi connectivity index (χ2n) is 6.98. The Morgan fingerprint density at radius 1 is 1.15 bits per heavy atom. The quantitative estimate of drug-likeness (QED) is 0.236. The molecule has 0 saturated carbocycles. The van der Waals surface area contributed by atoms with E-state index in [1.54, 1.807) is 25.1 Å². The highest BCUT2D eigenvalue weighted by molar-refractivity contribution is 6.39. The number of rotatable bonds is 6. The second kappa shape index (κ2) is 9.20. The molecule has 172 valence electrons. The summed E-state index contributed by atoms with van der Waals surface area (Å²) in [5.74, 6) is -1.03. The van der Waals surface area contributed by atoms with Crippen LogP contribution < -0.4 is 15.0 Å². The Kier molecular flexibility index (Phi) is 6.15. The highest BCUT2D eigenvalue weighted by Gasteiger charge is 2.38. The number of amides is 4. The molecule has 2 heterocycles. The van der Waals surface area contributed by atoms with Gasteiger partial charge < -0.3 is 9.15 Å². The number of nitro benzene ring substituents is 1. The number of hydrogen-bond acceptors (Lipinski definition) is 7. The van der Waals surface area contributed by atoms with Crippen molar-refractivity contribution in [3.05, 3.63) is 81.1 Å². The van der Waals surface area contributed by atoms with Gasteiger partial charge in [-0.15, -0.1) is 0 Å². The number of nitrogens with zero attached hydrogens (tertiary/aromatic N) is 2. The molecule has 1 fully saturated rings. The molecule has 3 aromatic rings. The van der Waals surface area contributed by atoms with Crippen molar-refractivity contribution in [1.29, 1.82) is 0 Å². The lowest BCUT2D eigenvalue weighted by molar-refractivity contribution is -0.384. The smallest absolute Gasteiger partial charge is 0.336 e. The molecule has 1 aliphatic rings. The van der Waals surface area contributed by atoms with Gasteiger partial charge in [-0.05, 0) is 43.3 Å². The van der Waals surface area contributed by atoms with Crippen LogP contribution in [0.2, 0.25) is 5.02 Å². The SMILES string of the molecule is CCOc1ccccc1N1C(=O)NC(=O)/C(=C\c2ccc(-c3ccc([N+](=O)[O-])cc3Cl)o2)C1=O. The standard InChI is InChI=1S/C23H16ClN3O7/c1-2-33-20-6-4-3-5-18(20)26-22(29)16(21(28)25-23(26)30)12-14-8-10-19(34-14)15-9-7-13(27(31)32)11-17(15)24/h3-12H,2H2,1H3,(H,25,28,30)/b16-12+. The number of benzene rings is 2. The van der Waals surface area contributed by atoms with Crippen molar-refractivity contribution in [3.8, 4) is 17.1 Å². The molecule has 10 nitrogen and oxygen atoms in total. The van der Waals surface area contributed by atoms with E-state index in [0.29, 0.717) is 17.9 Å². The summed E-state index contributed by atoms with van der Waals surface area (Å²) in [6.07, 6.45) is 1.20. The Balaban J connectivity index is 1.68. The molecule has 2 aromatic carbocycles. The average molecular weight is 482 g/mol. The summed E-state index contributed by atoms with van der Waals surface area (Å²) < 4.78 is 11.2. The van der Waals surface area contributed by atoms with Gasteiger partial charge in [0.15, 0.2) is 0 Å². The van der Waals surface area contributed by atoms with E-state index in [4.69, 9.17) is 20.8 Å². The van der Waals surface area contributed by atoms with Gasteiger partial charge in [0.1, 0.15) is 22.8 Å². The molecule has 1 aliphatic heterocycles. The third-order valence-electron chi connectivity index (χ3n) is 4.85. The Morgan fingerprint density at radius 3 is 2.62 bits per heavy atom. The highest BCUT2D eigenvalue weighted by atomic mass is 35.5. The lowest BCUT2D eigenvalue weighted by Crippen LogP contribution is -2.54. The summed E-state index contributed by atoms with van der Waals surface area (Å²) in [7, 11) is 0. The lowest BCUT2D eigenvalue weighted by atomic mass is 10.1. The molecule has 11 heteroatoms. The molecule has 0 atom stereocenters. The van der Waals surface area contributed by atoms with Gasteiger partial charge in [-0.25, -0.2) is 9.69 Å². The number of furan rings is 1. The van der Waals surface area contributed by atoms with E-state index in [1.165, 1.54) is 42.5 Å². The van der Waals surface area contributed by atoms with Crippen molar-refractivity contribution < 1.29 is 28.5 Å². The molecular weight excluding hydrogens is 466 g/mol. The number of nitro groups is 1. The number of carbonyl (C=O) groups is 3. The predicted octanol–water partition coefficient (Wildman–Crippen LogP) is 4.57. The van der Waals surface area contributed by atoms with Crippen molar-refractivity contribution in [1.82, 2.24) is 5.32 Å². The van der Waals surface area contributed by atoms with Crippen molar-refractivity contribution in [2.75, 3.05) is 11.5 Å². The van der Waals surface area contributed by atoms with Crippen LogP contribution in [0.4, 0.5) is 16.2 Å². The number of non-ortho nitro benzene ring substituents is 1. The largest absolute Gasteiger partial charge is 0.492 e. The maximum atomic E-state index is 13.1. The van der Waals surface area contributed by atoms with Crippen LogP contribution in [0.3, 0.4) is 0 Å². The summed E-state index contributed by atoms with van der Waals surface area (Å²) in [5.41, 5.74) is 0.0626. The molecule has 1 N–H and O–H groups in total. The van der Waals surface area contributed by atoms with E-state index in [-0.39, 0.29) is 33.5 Å². The summed E-state index contributed by atoms with van der Waals surface area (Å²) in [5, 5.41) is 13.1. The first-order chi connectivity index (χ1) is 16.3. The second-order valence-corrected chi connectivity index (χ2v) is 7.39. The highest BCUT2D eigenvalue weighted by Crippen LogP contribution is 2.34. The molecule has 4 rings (SSSR count). The molecule has 0 aliphatic carbocycles. The average Bonchev–Trinajstić information content (AvgIpc) is 3.26. The fourth-order valence-corrected chi connectivity index (χ4v) is 3.60. The minimum atomic E-state index is -0.905. The van der Waals surface area contributed by atoms with Gasteiger partial charge in [-0.2, -0.15) is 0 Å². The topological polar surface area (TPSA) is 132 Å². The number of hydrogen-bond donors (Lipinski definition) is 1. The van der Waals surface area contributed by atoms with E-state index in [9.17, 15) is 24.5 Å². The van der Waals surface area contributed by atoms with Gasteiger partial charge in [0, 0.05) is 17.7 Å². The maximum absolute atomic E-state index is 13.1. The number of halogens is 1. The number of urea groups is 1. The van der Waals surface area contributed by atoms with E-state index in [1.807, 2.05) is 0 Å². The number of carbonyl (C=O) groups excluding carboxylic acids is 3. The first kappa shape index (κ1) is 22.7. The lowest BCUT2D eigenvalue weighted by Gasteiger charge is -2.27. The van der Waals surface area contributed by atoms with E-state index < -0.39 is 22.8 Å². The number of barbiturate groups is 1. The number of imide groups is 2. The molecule has 34 heavy (non-hydrogen) atoms. The fourth-order valence-electron chi connectivity index (χ4n) is 3.33. The zero-order valence-electron chi connectivity index (χ0n) is 17.6. The Bertz CT molecular complexity index is 1360. The third kappa shape index (κ3) is 4.26. The summed E-state index contributed by atoms with van der Waals surface area (Å²) in [4.78, 5) is 49.2. The third-order valence-corrected chi connectivity index (χ3v) is 5.16. The number of anilines is 1. The van der Waals surface area contributed by atoms with Crippen molar-refractivity contribution in [2.24, 2.45) is 0 Å². The number of nitrogens with one attached hydrogen (secondary N) is 1. The van der Waals surface area contributed by atoms with Gasteiger partial charge in [0.25, 0.3) is 17.5 Å². The van der Waals surface area contributed by atoms with Crippen LogP contribution in [0.1, 0.15) is 12.7 Å². The van der Waals surface area contributed by atoms with Gasteiger partial charge in [0.2, 0.25) is 0 Å². The first-order valence-corrected chi connectivity index (χ1v) is 10.4. The molecule has 4 amide bonds. The normalized spacial score (nSPS) is 14.9. The van der Waals surface area contributed by atoms with Crippen molar-refractivity contribution in [3.63, 3.8) is 0 Å². The van der Waals surface area contributed by atoms with Crippen molar-refractivity contribution in [2.45, 2.75) is 6.92 Å². The zero-order valence-corrected chi connectivity index (χ0v) is 18.4. The molecule has 0 unspecified atom stereocenters. The minimum Gasteiger partial charge on any atom is -0.492 e. The van der Waals surface area contributed by atoms with Crippen LogP contribution >= 0.6 is 11.6 Å². The fraction of sp³-hybridized carbons (Fsp3) is 0.0870. The summed E-state index contributed by atoms with van der Waals surface area (Å²) in [6.45, 7) is 2.07. The van der Waals surface area contributed by atoms with E-state index in [0.717, 1.165) is 4.90 Å². The summed E-state index contributed by atoms with van der Waals surface area (Å²) >= 11 is 6.14. The van der Waals surface area contributed by atoms with E-state index >= 15 is 0 Å². The molecule has 1 saturated heterocycles. The Labute approximate surface area is 197 Å². The number of ether oxygens (including phenoxy) is 1. The maximum Gasteiger partial charge on any atom is 0.336 e. The van der Waals surface area contributed by atoms with Crippen molar-refractivity contribution >= 4 is 46.9 Å². The van der Waals surface area contributed by atoms with Gasteiger partial charge >= 0.3 is 6.03 Å². The van der Waals surface area contributed by atoms with Gasteiger partial charge in [-0.1, -0.05) is 23.7 Å². The molecular formula is C23H16ClN3O7. The Hall–Kier alpha value is -4.44. The number of para-hydroxylation sites is 2. The zero-order chi connectivity index (χ0) is 24.4. The van der Waals surface area contributed by atoms with Gasteiger partial charge in [-0.3, -0.25) is 25.0 Å². The monoisotopic (exact) mass is 481 g/mol. The van der Waals surface area contributed by atoms with Crippen LogP contribution in [-0.4, -0.2) is 29.4 Å². The minimum absolute atomic E-state index is 0.0959. The Morgan fingerprint density at radius 2 is 1.91 bits per heavy atom. The molecule has 0 spiro atoms. The molecule has 0 bridgehead atoms. The first-order valence-electron chi connectivity index (χ1n) is 9.97. The van der Waals surface area contributed by atoms with Crippen LogP contribution in [-0.2, 0) is 9.59 Å². The molecule has 0 radical (unpaired) electrons. The van der Waals surface area contributed by atoms with Crippen LogP contribution in [0.15, 0.2) is 64.6 Å². The van der Waals surface area contributed by atoms with E-state index in [2.05, 4.69) is 5.32 Å². The van der Waals surface area contributed by atoms with Crippen LogP contribution in [0, 0.1) is 10.1 Å². The van der Waals surface area contributed by atoms with Gasteiger partial charge in [0.05, 0.1) is 22.2 Å². The predicted molar refractivity (Wildman–Crippen MR) is 122 cm³/mol. The van der Waals surface area contributed by atoms with Crippen LogP contribution in [0.25, 0.3) is 17.4 Å². The van der Waals surface area contributed by atoms with Crippen LogP contribution in [0.5, 0.6) is 5.75 Å².